The highest BCUT2D eigenvalue weighted by atomic mass is 32.2. The van der Waals surface area contributed by atoms with Crippen molar-refractivity contribution < 1.29 is 4.79 Å². The van der Waals surface area contributed by atoms with E-state index >= 15 is 0 Å². The Morgan fingerprint density at radius 3 is 2.52 bits per heavy atom. The molecule has 2 aromatic carbocycles. The largest absolute Gasteiger partial charge is 0.351 e. The summed E-state index contributed by atoms with van der Waals surface area (Å²) in [6, 6.07) is 16.0. The number of likely N-dealkylation sites (tertiary alicyclic amines) is 1. The lowest BCUT2D eigenvalue weighted by atomic mass is 10.1. The predicted molar refractivity (Wildman–Crippen MR) is 116 cm³/mol. The van der Waals surface area contributed by atoms with Crippen LogP contribution in [0.1, 0.15) is 30.4 Å². The summed E-state index contributed by atoms with van der Waals surface area (Å²) in [6.07, 6.45) is 3.64. The molecule has 1 N–H and O–H groups in total. The Bertz CT molecular complexity index is 798. The molecule has 1 heterocycles. The van der Waals surface area contributed by atoms with Crippen LogP contribution in [0.4, 0.5) is 11.4 Å². The van der Waals surface area contributed by atoms with Crippen molar-refractivity contribution in [2.75, 3.05) is 24.2 Å². The SMILES string of the molecule is Cc1ccc(NC(=O)CSC(=Nc2ccccc2)N2CCCCC2)c(C)c1. The van der Waals surface area contributed by atoms with Gasteiger partial charge in [-0.2, -0.15) is 0 Å². The van der Waals surface area contributed by atoms with E-state index < -0.39 is 0 Å². The van der Waals surface area contributed by atoms with Gasteiger partial charge in [0.05, 0.1) is 11.4 Å². The minimum Gasteiger partial charge on any atom is -0.351 e. The summed E-state index contributed by atoms with van der Waals surface area (Å²) in [7, 11) is 0. The molecule has 0 aromatic heterocycles. The van der Waals surface area contributed by atoms with Gasteiger partial charge < -0.3 is 10.2 Å². The second kappa shape index (κ2) is 9.60. The molecular weight excluding hydrogens is 354 g/mol. The number of rotatable bonds is 4. The molecule has 27 heavy (non-hydrogen) atoms. The van der Waals surface area contributed by atoms with Crippen molar-refractivity contribution in [1.82, 2.24) is 4.90 Å². The minimum atomic E-state index is 0.00437. The van der Waals surface area contributed by atoms with Crippen molar-refractivity contribution in [3.8, 4) is 0 Å². The van der Waals surface area contributed by atoms with E-state index in [1.807, 2.05) is 49.4 Å². The van der Waals surface area contributed by atoms with Crippen molar-refractivity contribution in [1.29, 1.82) is 0 Å². The van der Waals surface area contributed by atoms with Gasteiger partial charge in [0.1, 0.15) is 0 Å². The van der Waals surface area contributed by atoms with E-state index in [1.54, 1.807) is 0 Å². The predicted octanol–water partition coefficient (Wildman–Crippen LogP) is 5.15. The van der Waals surface area contributed by atoms with Crippen molar-refractivity contribution in [2.45, 2.75) is 33.1 Å². The van der Waals surface area contributed by atoms with Gasteiger partial charge in [-0.3, -0.25) is 4.79 Å². The molecule has 0 atom stereocenters. The summed E-state index contributed by atoms with van der Waals surface area (Å²) in [5.74, 6) is 0.361. The third-order valence-electron chi connectivity index (χ3n) is 4.60. The molecule has 5 heteroatoms. The molecule has 2 aromatic rings. The average molecular weight is 382 g/mol. The van der Waals surface area contributed by atoms with Crippen LogP contribution in [0, 0.1) is 13.8 Å². The number of para-hydroxylation sites is 1. The summed E-state index contributed by atoms with van der Waals surface area (Å²) in [5, 5.41) is 3.97. The quantitative estimate of drug-likeness (QED) is 0.588. The molecule has 3 rings (SSSR count). The first kappa shape index (κ1) is 19.5. The van der Waals surface area contributed by atoms with Gasteiger partial charge in [0.2, 0.25) is 5.91 Å². The number of benzene rings is 2. The summed E-state index contributed by atoms with van der Waals surface area (Å²) in [4.78, 5) is 19.6. The zero-order chi connectivity index (χ0) is 19.1. The summed E-state index contributed by atoms with van der Waals surface area (Å²) in [6.45, 7) is 6.10. The second-order valence-corrected chi connectivity index (χ2v) is 7.88. The Kier molecular flexibility index (Phi) is 6.93. The first-order valence-electron chi connectivity index (χ1n) is 9.50. The topological polar surface area (TPSA) is 44.7 Å². The van der Waals surface area contributed by atoms with E-state index in [-0.39, 0.29) is 5.91 Å². The van der Waals surface area contributed by atoms with Crippen LogP contribution in [0.5, 0.6) is 0 Å². The van der Waals surface area contributed by atoms with Gasteiger partial charge in [-0.25, -0.2) is 4.99 Å². The van der Waals surface area contributed by atoms with E-state index in [2.05, 4.69) is 23.2 Å². The number of nitrogens with zero attached hydrogens (tertiary/aromatic N) is 2. The monoisotopic (exact) mass is 381 g/mol. The number of carbonyl (C=O) groups is 1. The van der Waals surface area contributed by atoms with Gasteiger partial charge in [0, 0.05) is 18.8 Å². The fraction of sp³-hybridized carbons (Fsp3) is 0.364. The highest BCUT2D eigenvalue weighted by Gasteiger charge is 2.17. The number of hydrogen-bond donors (Lipinski definition) is 1. The Morgan fingerprint density at radius 1 is 1.07 bits per heavy atom. The molecular formula is C22H27N3OS. The first-order chi connectivity index (χ1) is 13.1. The summed E-state index contributed by atoms with van der Waals surface area (Å²) in [5.41, 5.74) is 4.09. The van der Waals surface area contributed by atoms with E-state index in [4.69, 9.17) is 4.99 Å². The smallest absolute Gasteiger partial charge is 0.234 e. The van der Waals surface area contributed by atoms with Gasteiger partial charge in [-0.1, -0.05) is 47.7 Å². The molecule has 1 amide bonds. The van der Waals surface area contributed by atoms with E-state index in [0.717, 1.165) is 35.2 Å². The number of anilines is 1. The third-order valence-corrected chi connectivity index (χ3v) is 5.61. The maximum absolute atomic E-state index is 12.5. The Hall–Kier alpha value is -2.27. The molecule has 0 saturated carbocycles. The standard InChI is InChI=1S/C22H27N3OS/c1-17-11-12-20(18(2)15-17)24-21(26)16-27-22(25-13-7-4-8-14-25)23-19-9-5-3-6-10-19/h3,5-6,9-12,15H,4,7-8,13-14,16H2,1-2H3,(H,24,26). The maximum atomic E-state index is 12.5. The molecule has 142 valence electrons. The molecule has 1 aliphatic rings. The van der Waals surface area contributed by atoms with Gasteiger partial charge in [0.15, 0.2) is 5.17 Å². The van der Waals surface area contributed by atoms with Crippen LogP contribution in [-0.2, 0) is 4.79 Å². The molecule has 0 bridgehead atoms. The fourth-order valence-electron chi connectivity index (χ4n) is 3.16. The maximum Gasteiger partial charge on any atom is 0.234 e. The van der Waals surface area contributed by atoms with Crippen LogP contribution in [0.25, 0.3) is 0 Å². The first-order valence-corrected chi connectivity index (χ1v) is 10.5. The number of amidine groups is 1. The van der Waals surface area contributed by atoms with Gasteiger partial charge in [0.25, 0.3) is 0 Å². The lowest BCUT2D eigenvalue weighted by Gasteiger charge is -2.29. The van der Waals surface area contributed by atoms with E-state index in [0.29, 0.717) is 5.75 Å². The van der Waals surface area contributed by atoms with E-state index in [9.17, 15) is 4.79 Å². The number of nitrogens with one attached hydrogen (secondary N) is 1. The second-order valence-electron chi connectivity index (χ2n) is 6.93. The van der Waals surface area contributed by atoms with Crippen molar-refractivity contribution >= 4 is 34.2 Å². The number of aliphatic imine (C=N–C) groups is 1. The molecule has 4 nitrogen and oxygen atoms in total. The minimum absolute atomic E-state index is 0.00437. The number of aryl methyl sites for hydroxylation is 2. The zero-order valence-electron chi connectivity index (χ0n) is 16.1. The van der Waals surface area contributed by atoms with Crippen LogP contribution < -0.4 is 5.32 Å². The normalized spacial score (nSPS) is 14.9. The number of thioether (sulfide) groups is 1. The van der Waals surface area contributed by atoms with Crippen LogP contribution >= 0.6 is 11.8 Å². The van der Waals surface area contributed by atoms with Crippen LogP contribution in [0.15, 0.2) is 53.5 Å². The Morgan fingerprint density at radius 2 is 1.81 bits per heavy atom. The van der Waals surface area contributed by atoms with Gasteiger partial charge in [-0.05, 0) is 56.9 Å². The number of amides is 1. The lowest BCUT2D eigenvalue weighted by molar-refractivity contribution is -0.113. The van der Waals surface area contributed by atoms with Gasteiger partial charge in [-0.15, -0.1) is 0 Å². The number of piperidine rings is 1. The van der Waals surface area contributed by atoms with E-state index in [1.165, 1.54) is 36.6 Å². The molecule has 1 aliphatic heterocycles. The number of hydrogen-bond acceptors (Lipinski definition) is 3. The third kappa shape index (κ3) is 5.86. The highest BCUT2D eigenvalue weighted by Crippen LogP contribution is 2.22. The number of carbonyl (C=O) groups excluding carboxylic acids is 1. The molecule has 1 fully saturated rings. The molecule has 1 saturated heterocycles. The van der Waals surface area contributed by atoms with Gasteiger partial charge >= 0.3 is 0 Å². The van der Waals surface area contributed by atoms with Crippen molar-refractivity contribution in [3.05, 3.63) is 59.7 Å². The average Bonchev–Trinajstić information content (AvgIpc) is 2.69. The fourth-order valence-corrected chi connectivity index (χ4v) is 4.03. The van der Waals surface area contributed by atoms with Crippen LogP contribution in [0.3, 0.4) is 0 Å². The Balaban J connectivity index is 1.66. The zero-order valence-corrected chi connectivity index (χ0v) is 16.9. The molecule has 0 unspecified atom stereocenters. The molecule has 0 aliphatic carbocycles. The molecule has 0 radical (unpaired) electrons. The highest BCUT2D eigenvalue weighted by molar-refractivity contribution is 8.14. The summed E-state index contributed by atoms with van der Waals surface area (Å²) < 4.78 is 0. The van der Waals surface area contributed by atoms with Crippen LogP contribution in [0.2, 0.25) is 0 Å². The van der Waals surface area contributed by atoms with Crippen molar-refractivity contribution in [2.24, 2.45) is 4.99 Å². The molecule has 0 spiro atoms. The summed E-state index contributed by atoms with van der Waals surface area (Å²) >= 11 is 1.52. The Labute approximate surface area is 166 Å². The van der Waals surface area contributed by atoms with Crippen LogP contribution in [-0.4, -0.2) is 34.8 Å². The van der Waals surface area contributed by atoms with Crippen molar-refractivity contribution in [3.63, 3.8) is 0 Å². The lowest BCUT2D eigenvalue weighted by Crippen LogP contribution is -2.34.